The van der Waals surface area contributed by atoms with Crippen LogP contribution >= 0.6 is 11.6 Å². The van der Waals surface area contributed by atoms with Gasteiger partial charge in [0.1, 0.15) is 5.75 Å². The molecular weight excluding hydrogens is 508 g/mol. The number of hydrogen-bond acceptors (Lipinski definition) is 5. The molecule has 0 spiro atoms. The van der Waals surface area contributed by atoms with Crippen LogP contribution in [0.25, 0.3) is 11.1 Å². The van der Waals surface area contributed by atoms with Gasteiger partial charge in [0, 0.05) is 42.1 Å². The van der Waals surface area contributed by atoms with Crippen LogP contribution in [0.1, 0.15) is 31.7 Å². The smallest absolute Gasteiger partial charge is 0.300 e. The highest BCUT2D eigenvalue weighted by Crippen LogP contribution is 2.36. The number of amides is 1. The lowest BCUT2D eigenvalue weighted by atomic mass is 9.95. The van der Waals surface area contributed by atoms with Crippen molar-refractivity contribution in [2.24, 2.45) is 0 Å². The van der Waals surface area contributed by atoms with Gasteiger partial charge in [-0.1, -0.05) is 54.9 Å². The predicted molar refractivity (Wildman–Crippen MR) is 148 cm³/mol. The summed E-state index contributed by atoms with van der Waals surface area (Å²) >= 11 is 4.41. The quantitative estimate of drug-likeness (QED) is 0.154. The van der Waals surface area contributed by atoms with Crippen LogP contribution in [0.4, 0.5) is 0 Å². The molecule has 0 saturated carbocycles. The first-order valence-corrected chi connectivity index (χ1v) is 14.1. The molecule has 1 atom stereocenters. The fraction of sp³-hybridized carbons (Fsp3) is 0.345. The minimum atomic E-state index is -1.60. The molecular formula is C29H33ClN2O4S. The maximum Gasteiger partial charge on any atom is 0.300 e. The molecule has 1 unspecified atom stereocenters. The molecule has 1 aliphatic heterocycles. The van der Waals surface area contributed by atoms with Crippen LogP contribution in [0.5, 0.6) is 5.75 Å². The molecule has 196 valence electrons. The lowest BCUT2D eigenvalue weighted by Gasteiger charge is -2.39. The van der Waals surface area contributed by atoms with Gasteiger partial charge in [0.25, 0.3) is 5.91 Å². The molecule has 0 aromatic heterocycles. The van der Waals surface area contributed by atoms with E-state index in [1.54, 1.807) is 29.7 Å². The van der Waals surface area contributed by atoms with E-state index < -0.39 is 21.8 Å². The number of ether oxygens (including phenoxy) is 1. The van der Waals surface area contributed by atoms with Crippen molar-refractivity contribution in [1.29, 1.82) is 0 Å². The number of aryl methyl sites for hydroxylation is 1. The number of likely N-dealkylation sites (tertiary alicyclic amines) is 1. The highest BCUT2D eigenvalue weighted by molar-refractivity contribution is 7.93. The van der Waals surface area contributed by atoms with E-state index in [2.05, 4.69) is 36.1 Å². The van der Waals surface area contributed by atoms with Gasteiger partial charge in [-0.05, 0) is 72.5 Å². The largest absolute Gasteiger partial charge is 0.611 e. The number of hydrogen-bond donors (Lipinski definition) is 2. The second kappa shape index (κ2) is 12.8. The van der Waals surface area contributed by atoms with Crippen molar-refractivity contribution in [3.8, 4) is 16.9 Å². The van der Waals surface area contributed by atoms with Crippen molar-refractivity contribution >= 4 is 28.7 Å². The zero-order valence-corrected chi connectivity index (χ0v) is 22.6. The summed E-state index contributed by atoms with van der Waals surface area (Å²) in [6.07, 6.45) is 2.59. The first-order valence-electron chi connectivity index (χ1n) is 12.6. The summed E-state index contributed by atoms with van der Waals surface area (Å²) in [5.74, 6) is 0.110. The fourth-order valence-corrected chi connectivity index (χ4v) is 6.46. The lowest BCUT2D eigenvalue weighted by molar-refractivity contribution is -0.133. The minimum Gasteiger partial charge on any atom is -0.611 e. The first kappa shape index (κ1) is 27.5. The fourth-order valence-electron chi connectivity index (χ4n) is 4.73. The summed E-state index contributed by atoms with van der Waals surface area (Å²) in [5, 5.41) is 10.1. The van der Waals surface area contributed by atoms with Crippen LogP contribution in [0, 0.1) is 0 Å². The van der Waals surface area contributed by atoms with Crippen molar-refractivity contribution in [2.75, 3.05) is 26.2 Å². The summed E-state index contributed by atoms with van der Waals surface area (Å²) in [4.78, 5) is 15.3. The van der Waals surface area contributed by atoms with E-state index in [1.807, 2.05) is 24.3 Å². The molecule has 1 aliphatic rings. The normalized spacial score (nSPS) is 16.2. The van der Waals surface area contributed by atoms with E-state index in [1.165, 1.54) is 5.56 Å². The van der Waals surface area contributed by atoms with E-state index in [4.69, 9.17) is 16.3 Å². The van der Waals surface area contributed by atoms with Crippen molar-refractivity contribution in [1.82, 2.24) is 10.4 Å². The van der Waals surface area contributed by atoms with Crippen LogP contribution in [0.2, 0.25) is 5.02 Å². The van der Waals surface area contributed by atoms with Gasteiger partial charge in [0.05, 0.1) is 6.61 Å². The van der Waals surface area contributed by atoms with E-state index >= 15 is 0 Å². The Bertz CT molecular complexity index is 1170. The van der Waals surface area contributed by atoms with E-state index in [-0.39, 0.29) is 0 Å². The van der Waals surface area contributed by atoms with E-state index in [0.29, 0.717) is 43.2 Å². The zero-order valence-electron chi connectivity index (χ0n) is 21.0. The Balaban J connectivity index is 1.31. The first-order chi connectivity index (χ1) is 17.9. The van der Waals surface area contributed by atoms with Crippen LogP contribution in [0.3, 0.4) is 0 Å². The van der Waals surface area contributed by atoms with Crippen LogP contribution in [0.15, 0.2) is 77.7 Å². The van der Waals surface area contributed by atoms with Gasteiger partial charge in [0.2, 0.25) is 4.75 Å². The van der Waals surface area contributed by atoms with Gasteiger partial charge in [0.15, 0.2) is 4.90 Å². The zero-order chi connectivity index (χ0) is 26.3. The number of carbonyl (C=O) groups excluding carboxylic acids is 1. The standard InChI is InChI=1S/C29H33ClN2O4S/c1-2-32-18-16-29(17-19-32,28(33)31-34)37(35)27-14-12-26(13-15-27)36-20-4-6-22-5-3-7-24(21-22)23-8-10-25(30)11-9-23/h3,5,7-15,21,34H,2,4,6,16-20H2,1H3,(H,31,33). The third-order valence-electron chi connectivity index (χ3n) is 7.00. The molecule has 8 heteroatoms. The number of halogens is 1. The molecule has 1 amide bonds. The number of rotatable bonds is 10. The van der Waals surface area contributed by atoms with Crippen LogP contribution < -0.4 is 10.2 Å². The average molecular weight is 541 g/mol. The van der Waals surface area contributed by atoms with Gasteiger partial charge in [-0.25, -0.2) is 5.48 Å². The molecule has 3 aromatic rings. The third-order valence-corrected chi connectivity index (χ3v) is 9.26. The number of hydroxylamine groups is 1. The minimum absolute atomic E-state index is 0.428. The molecule has 6 nitrogen and oxygen atoms in total. The third kappa shape index (κ3) is 6.67. The van der Waals surface area contributed by atoms with Crippen LogP contribution in [-0.4, -0.2) is 51.6 Å². The van der Waals surface area contributed by atoms with Crippen LogP contribution in [-0.2, 0) is 22.4 Å². The van der Waals surface area contributed by atoms with Crippen molar-refractivity contribution in [3.05, 3.63) is 83.4 Å². The molecule has 2 N–H and O–H groups in total. The molecule has 0 radical (unpaired) electrons. The maximum absolute atomic E-state index is 13.5. The molecule has 1 fully saturated rings. The van der Waals surface area contributed by atoms with Gasteiger partial charge < -0.3 is 14.2 Å². The van der Waals surface area contributed by atoms with Crippen molar-refractivity contribution < 1.29 is 19.3 Å². The molecule has 0 aliphatic carbocycles. The van der Waals surface area contributed by atoms with Gasteiger partial charge in [-0.15, -0.1) is 0 Å². The molecule has 1 saturated heterocycles. The Morgan fingerprint density at radius 3 is 2.43 bits per heavy atom. The summed E-state index contributed by atoms with van der Waals surface area (Å²) in [6.45, 7) is 4.83. The van der Waals surface area contributed by atoms with E-state index in [0.717, 1.165) is 35.5 Å². The Morgan fingerprint density at radius 2 is 1.78 bits per heavy atom. The summed E-state index contributed by atoms with van der Waals surface area (Å²) in [7, 11) is 0. The summed E-state index contributed by atoms with van der Waals surface area (Å²) in [5.41, 5.74) is 5.28. The van der Waals surface area contributed by atoms with E-state index in [9.17, 15) is 14.6 Å². The van der Waals surface area contributed by atoms with Gasteiger partial charge in [-0.2, -0.15) is 0 Å². The highest BCUT2D eigenvalue weighted by Gasteiger charge is 2.52. The summed E-state index contributed by atoms with van der Waals surface area (Å²) < 4.78 is 18.2. The second-order valence-electron chi connectivity index (χ2n) is 9.27. The average Bonchev–Trinajstić information content (AvgIpc) is 2.95. The number of carbonyl (C=O) groups is 1. The number of piperidine rings is 1. The Kier molecular flexibility index (Phi) is 9.51. The second-order valence-corrected chi connectivity index (χ2v) is 11.5. The topological polar surface area (TPSA) is 84.9 Å². The predicted octanol–water partition coefficient (Wildman–Crippen LogP) is 5.49. The molecule has 0 bridgehead atoms. The highest BCUT2D eigenvalue weighted by atomic mass is 35.5. The number of nitrogens with zero attached hydrogens (tertiary/aromatic N) is 1. The summed E-state index contributed by atoms with van der Waals surface area (Å²) in [6, 6.07) is 23.4. The molecule has 37 heavy (non-hydrogen) atoms. The number of nitrogens with one attached hydrogen (secondary N) is 1. The monoisotopic (exact) mass is 540 g/mol. The molecule has 1 heterocycles. The molecule has 3 aromatic carbocycles. The molecule has 4 rings (SSSR count). The Hall–Kier alpha value is -2.55. The Labute approximate surface area is 226 Å². The van der Waals surface area contributed by atoms with Crippen molar-refractivity contribution in [2.45, 2.75) is 42.2 Å². The van der Waals surface area contributed by atoms with Crippen molar-refractivity contribution in [3.63, 3.8) is 0 Å². The van der Waals surface area contributed by atoms with Gasteiger partial charge in [-0.3, -0.25) is 10.0 Å². The van der Waals surface area contributed by atoms with Gasteiger partial charge >= 0.3 is 0 Å². The Morgan fingerprint density at radius 1 is 1.08 bits per heavy atom. The number of benzene rings is 3. The lowest BCUT2D eigenvalue weighted by Crippen LogP contribution is -2.57. The maximum atomic E-state index is 13.5. The SMILES string of the molecule is CCN1CCC(C(=O)NO)([S+]([O-])c2ccc(OCCCc3cccc(-c4ccc(Cl)cc4)c3)cc2)CC1.